The highest BCUT2D eigenvalue weighted by atomic mass is 32.2. The maximum absolute atomic E-state index is 12.4. The molecule has 0 radical (unpaired) electrons. The molecule has 0 amide bonds. The fraction of sp³-hybridized carbons (Fsp3) is 0.600. The summed E-state index contributed by atoms with van der Waals surface area (Å²) in [6, 6.07) is 6.50. The first-order chi connectivity index (χ1) is 10.0. The van der Waals surface area contributed by atoms with Gasteiger partial charge < -0.3 is 10.8 Å². The van der Waals surface area contributed by atoms with Crippen molar-refractivity contribution in [3.8, 4) is 0 Å². The first-order valence-electron chi connectivity index (χ1n) is 7.53. The number of hydrogen-bond donors (Lipinski definition) is 3. The van der Waals surface area contributed by atoms with Gasteiger partial charge in [0.2, 0.25) is 10.0 Å². The van der Waals surface area contributed by atoms with E-state index in [0.29, 0.717) is 18.5 Å². The molecule has 1 aliphatic rings. The highest BCUT2D eigenvalue weighted by molar-refractivity contribution is 7.89. The highest BCUT2D eigenvalue weighted by Crippen LogP contribution is 2.22. The molecule has 0 aromatic heterocycles. The van der Waals surface area contributed by atoms with Gasteiger partial charge in [0, 0.05) is 6.04 Å². The summed E-state index contributed by atoms with van der Waals surface area (Å²) in [6.45, 7) is 0.360. The third-order valence-corrected chi connectivity index (χ3v) is 5.44. The Hall–Kier alpha value is -0.950. The summed E-state index contributed by atoms with van der Waals surface area (Å²) in [5.41, 5.74) is 6.01. The minimum atomic E-state index is -3.52. The lowest BCUT2D eigenvalue weighted by Gasteiger charge is -2.22. The zero-order valence-corrected chi connectivity index (χ0v) is 13.0. The van der Waals surface area contributed by atoms with Crippen LogP contribution in [0, 0.1) is 0 Å². The predicted octanol–water partition coefficient (Wildman–Crippen LogP) is 1.68. The standard InChI is InChI=1S/C15H24N2O3S/c16-10-9-15(18)12-5-4-8-14(11-12)21(19,20)17-13-6-2-1-3-7-13/h4-5,8,11,13,15,17-18H,1-3,6-7,9-10,16H2. The number of aliphatic hydroxyl groups is 1. The lowest BCUT2D eigenvalue weighted by atomic mass is 9.96. The minimum Gasteiger partial charge on any atom is -0.388 e. The first-order valence-corrected chi connectivity index (χ1v) is 9.01. The summed E-state index contributed by atoms with van der Waals surface area (Å²) in [5, 5.41) is 9.94. The smallest absolute Gasteiger partial charge is 0.240 e. The monoisotopic (exact) mass is 312 g/mol. The Labute approximate surface area is 126 Å². The van der Waals surface area contributed by atoms with E-state index in [1.165, 1.54) is 12.5 Å². The van der Waals surface area contributed by atoms with Crippen LogP contribution < -0.4 is 10.5 Å². The van der Waals surface area contributed by atoms with Crippen LogP contribution in [0.5, 0.6) is 0 Å². The maximum Gasteiger partial charge on any atom is 0.240 e. The summed E-state index contributed by atoms with van der Waals surface area (Å²) in [7, 11) is -3.52. The Morgan fingerprint density at radius 3 is 2.67 bits per heavy atom. The van der Waals surface area contributed by atoms with Gasteiger partial charge in [-0.2, -0.15) is 0 Å². The Balaban J connectivity index is 2.13. The second kappa shape index (κ2) is 7.35. The van der Waals surface area contributed by atoms with E-state index in [2.05, 4.69) is 4.72 Å². The predicted molar refractivity (Wildman–Crippen MR) is 82.3 cm³/mol. The van der Waals surface area contributed by atoms with Gasteiger partial charge >= 0.3 is 0 Å². The SMILES string of the molecule is NCCC(O)c1cccc(S(=O)(=O)NC2CCCCC2)c1. The molecule has 118 valence electrons. The van der Waals surface area contributed by atoms with Crippen molar-refractivity contribution in [1.82, 2.24) is 4.72 Å². The Morgan fingerprint density at radius 1 is 1.29 bits per heavy atom. The molecule has 0 aliphatic heterocycles. The molecular formula is C15H24N2O3S. The first kappa shape index (κ1) is 16.4. The largest absolute Gasteiger partial charge is 0.388 e. The fourth-order valence-electron chi connectivity index (χ4n) is 2.72. The molecule has 0 bridgehead atoms. The van der Waals surface area contributed by atoms with E-state index in [1.54, 1.807) is 18.2 Å². The molecule has 1 aliphatic carbocycles. The van der Waals surface area contributed by atoms with E-state index >= 15 is 0 Å². The Kier molecular flexibility index (Phi) is 5.75. The van der Waals surface area contributed by atoms with Crippen molar-refractivity contribution in [1.29, 1.82) is 0 Å². The van der Waals surface area contributed by atoms with E-state index in [4.69, 9.17) is 5.73 Å². The van der Waals surface area contributed by atoms with Crippen molar-refractivity contribution in [2.45, 2.75) is 55.6 Å². The van der Waals surface area contributed by atoms with Gasteiger partial charge in [0.1, 0.15) is 0 Å². The van der Waals surface area contributed by atoms with Crippen LogP contribution in [0.4, 0.5) is 0 Å². The summed E-state index contributed by atoms with van der Waals surface area (Å²) in [5.74, 6) is 0. The zero-order chi connectivity index (χ0) is 15.3. The molecule has 4 N–H and O–H groups in total. The van der Waals surface area contributed by atoms with Crippen LogP contribution in [0.2, 0.25) is 0 Å². The molecule has 6 heteroatoms. The number of aliphatic hydroxyl groups excluding tert-OH is 1. The van der Waals surface area contributed by atoms with E-state index in [1.807, 2.05) is 0 Å². The molecule has 1 aromatic rings. The van der Waals surface area contributed by atoms with Gasteiger partial charge in [-0.1, -0.05) is 31.4 Å². The minimum absolute atomic E-state index is 0.0290. The van der Waals surface area contributed by atoms with Crippen molar-refractivity contribution in [2.75, 3.05) is 6.54 Å². The third kappa shape index (κ3) is 4.51. The number of hydrogen-bond acceptors (Lipinski definition) is 4. The second-order valence-electron chi connectivity index (χ2n) is 5.62. The van der Waals surface area contributed by atoms with Gasteiger partial charge in [-0.15, -0.1) is 0 Å². The molecule has 1 saturated carbocycles. The van der Waals surface area contributed by atoms with Crippen molar-refractivity contribution in [2.24, 2.45) is 5.73 Å². The lowest BCUT2D eigenvalue weighted by molar-refractivity contribution is 0.170. The average Bonchev–Trinajstić information content (AvgIpc) is 2.48. The van der Waals surface area contributed by atoms with E-state index < -0.39 is 16.1 Å². The van der Waals surface area contributed by atoms with Crippen molar-refractivity contribution < 1.29 is 13.5 Å². The molecular weight excluding hydrogens is 288 g/mol. The fourth-order valence-corrected chi connectivity index (χ4v) is 4.08. The molecule has 21 heavy (non-hydrogen) atoms. The molecule has 0 saturated heterocycles. The van der Waals surface area contributed by atoms with E-state index in [0.717, 1.165) is 25.7 Å². The molecule has 1 aromatic carbocycles. The van der Waals surface area contributed by atoms with Gasteiger partial charge in [-0.25, -0.2) is 13.1 Å². The number of nitrogens with one attached hydrogen (secondary N) is 1. The molecule has 1 fully saturated rings. The third-order valence-electron chi connectivity index (χ3n) is 3.92. The number of benzene rings is 1. The van der Waals surface area contributed by atoms with Crippen LogP contribution in [-0.4, -0.2) is 26.1 Å². The summed E-state index contributed by atoms with van der Waals surface area (Å²) >= 11 is 0. The summed E-state index contributed by atoms with van der Waals surface area (Å²) in [4.78, 5) is 0.210. The quantitative estimate of drug-likeness (QED) is 0.745. The molecule has 2 rings (SSSR count). The van der Waals surface area contributed by atoms with Crippen molar-refractivity contribution in [3.63, 3.8) is 0 Å². The van der Waals surface area contributed by atoms with Gasteiger partial charge in [0.15, 0.2) is 0 Å². The van der Waals surface area contributed by atoms with Crippen molar-refractivity contribution in [3.05, 3.63) is 29.8 Å². The Bertz CT molecular complexity index is 554. The van der Waals surface area contributed by atoms with E-state index in [-0.39, 0.29) is 10.9 Å². The van der Waals surface area contributed by atoms with Crippen LogP contribution in [0.15, 0.2) is 29.2 Å². The molecule has 1 unspecified atom stereocenters. The van der Waals surface area contributed by atoms with Gasteiger partial charge in [-0.05, 0) is 43.5 Å². The lowest BCUT2D eigenvalue weighted by Crippen LogP contribution is -2.36. The van der Waals surface area contributed by atoms with Crippen LogP contribution >= 0.6 is 0 Å². The van der Waals surface area contributed by atoms with Gasteiger partial charge in [0.05, 0.1) is 11.0 Å². The maximum atomic E-state index is 12.4. The normalized spacial score (nSPS) is 18.6. The van der Waals surface area contributed by atoms with Crippen LogP contribution in [0.25, 0.3) is 0 Å². The molecule has 0 heterocycles. The highest BCUT2D eigenvalue weighted by Gasteiger charge is 2.22. The Morgan fingerprint density at radius 2 is 2.00 bits per heavy atom. The van der Waals surface area contributed by atoms with Gasteiger partial charge in [-0.3, -0.25) is 0 Å². The summed E-state index contributed by atoms with van der Waals surface area (Å²) < 4.78 is 27.6. The topological polar surface area (TPSA) is 92.4 Å². The number of sulfonamides is 1. The second-order valence-corrected chi connectivity index (χ2v) is 7.34. The van der Waals surface area contributed by atoms with Gasteiger partial charge in [0.25, 0.3) is 0 Å². The van der Waals surface area contributed by atoms with Crippen LogP contribution in [-0.2, 0) is 10.0 Å². The molecule has 0 spiro atoms. The molecule has 1 atom stereocenters. The van der Waals surface area contributed by atoms with E-state index in [9.17, 15) is 13.5 Å². The van der Waals surface area contributed by atoms with Crippen molar-refractivity contribution >= 4 is 10.0 Å². The van der Waals surface area contributed by atoms with Crippen LogP contribution in [0.3, 0.4) is 0 Å². The number of rotatable bonds is 6. The zero-order valence-electron chi connectivity index (χ0n) is 12.2. The molecule has 5 nitrogen and oxygen atoms in total. The average molecular weight is 312 g/mol. The summed E-state index contributed by atoms with van der Waals surface area (Å²) in [6.07, 6.45) is 4.81. The van der Waals surface area contributed by atoms with Crippen LogP contribution in [0.1, 0.15) is 50.2 Å². The number of nitrogens with two attached hydrogens (primary N) is 1.